The zero-order chi connectivity index (χ0) is 15.7. The fourth-order valence-electron chi connectivity index (χ4n) is 2.26. The van der Waals surface area contributed by atoms with Crippen LogP contribution >= 0.6 is 11.3 Å². The molecule has 0 unspecified atom stereocenters. The SMILES string of the molecule is Cc1cnc([C@H](NS(=O)(=O)c2cccc(C#N)c2)C2CC2)s1. The number of nitrogens with zero attached hydrogens (tertiary/aromatic N) is 2. The molecule has 2 aromatic rings. The summed E-state index contributed by atoms with van der Waals surface area (Å²) in [7, 11) is -3.67. The molecule has 1 atom stereocenters. The first-order valence-electron chi connectivity index (χ1n) is 6.94. The molecule has 1 aromatic heterocycles. The maximum atomic E-state index is 12.6. The molecular weight excluding hydrogens is 318 g/mol. The summed E-state index contributed by atoms with van der Waals surface area (Å²) in [4.78, 5) is 5.51. The lowest BCUT2D eigenvalue weighted by atomic mass is 10.2. The quantitative estimate of drug-likeness (QED) is 0.912. The van der Waals surface area contributed by atoms with Crippen molar-refractivity contribution in [2.24, 2.45) is 5.92 Å². The molecule has 22 heavy (non-hydrogen) atoms. The van der Waals surface area contributed by atoms with E-state index < -0.39 is 10.0 Å². The number of benzene rings is 1. The molecule has 1 aromatic carbocycles. The number of nitriles is 1. The van der Waals surface area contributed by atoms with E-state index in [1.54, 1.807) is 18.3 Å². The highest BCUT2D eigenvalue weighted by atomic mass is 32.2. The maximum Gasteiger partial charge on any atom is 0.241 e. The lowest BCUT2D eigenvalue weighted by molar-refractivity contribution is 0.527. The second-order valence-corrected chi connectivity index (χ2v) is 8.37. The van der Waals surface area contributed by atoms with Gasteiger partial charge in [0.2, 0.25) is 10.0 Å². The third-order valence-corrected chi connectivity index (χ3v) is 5.99. The number of aryl methyl sites for hydroxylation is 1. The van der Waals surface area contributed by atoms with Gasteiger partial charge in [-0.15, -0.1) is 11.3 Å². The van der Waals surface area contributed by atoms with Crippen LogP contribution in [0.15, 0.2) is 35.4 Å². The summed E-state index contributed by atoms with van der Waals surface area (Å²) in [5.41, 5.74) is 0.330. The molecule has 1 N–H and O–H groups in total. The molecule has 0 bridgehead atoms. The Morgan fingerprint density at radius 1 is 1.45 bits per heavy atom. The fourth-order valence-corrected chi connectivity index (χ4v) is 4.57. The van der Waals surface area contributed by atoms with Crippen LogP contribution in [0.4, 0.5) is 0 Å². The van der Waals surface area contributed by atoms with E-state index in [4.69, 9.17) is 5.26 Å². The Morgan fingerprint density at radius 2 is 2.23 bits per heavy atom. The highest BCUT2D eigenvalue weighted by Gasteiger charge is 2.37. The first-order chi connectivity index (χ1) is 10.5. The van der Waals surface area contributed by atoms with Crippen LogP contribution in [0.1, 0.15) is 34.3 Å². The molecule has 7 heteroatoms. The lowest BCUT2D eigenvalue weighted by Gasteiger charge is -2.16. The van der Waals surface area contributed by atoms with Gasteiger partial charge in [0, 0.05) is 11.1 Å². The summed E-state index contributed by atoms with van der Waals surface area (Å²) in [5, 5.41) is 9.72. The van der Waals surface area contributed by atoms with Gasteiger partial charge in [-0.1, -0.05) is 6.07 Å². The van der Waals surface area contributed by atoms with Crippen molar-refractivity contribution in [2.45, 2.75) is 30.7 Å². The van der Waals surface area contributed by atoms with Crippen molar-refractivity contribution >= 4 is 21.4 Å². The van der Waals surface area contributed by atoms with Crippen molar-refractivity contribution in [3.63, 3.8) is 0 Å². The summed E-state index contributed by atoms with van der Waals surface area (Å²) in [6.45, 7) is 1.95. The molecule has 0 radical (unpaired) electrons. The van der Waals surface area contributed by atoms with Crippen LogP contribution in [-0.2, 0) is 10.0 Å². The van der Waals surface area contributed by atoms with Crippen LogP contribution in [0.3, 0.4) is 0 Å². The van der Waals surface area contributed by atoms with E-state index in [-0.39, 0.29) is 10.9 Å². The summed E-state index contributed by atoms with van der Waals surface area (Å²) < 4.78 is 27.9. The third kappa shape index (κ3) is 3.19. The van der Waals surface area contributed by atoms with Gasteiger partial charge in [-0.05, 0) is 43.9 Å². The molecule has 1 aliphatic carbocycles. The van der Waals surface area contributed by atoms with Gasteiger partial charge in [0.25, 0.3) is 0 Å². The van der Waals surface area contributed by atoms with Gasteiger partial charge >= 0.3 is 0 Å². The average Bonchev–Trinajstić information content (AvgIpc) is 3.26. The smallest absolute Gasteiger partial charge is 0.241 e. The van der Waals surface area contributed by atoms with Gasteiger partial charge in [-0.3, -0.25) is 0 Å². The highest BCUT2D eigenvalue weighted by Crippen LogP contribution is 2.42. The van der Waals surface area contributed by atoms with E-state index in [0.29, 0.717) is 11.5 Å². The monoisotopic (exact) mass is 333 g/mol. The molecule has 5 nitrogen and oxygen atoms in total. The zero-order valence-corrected chi connectivity index (χ0v) is 13.6. The molecule has 1 fully saturated rings. The van der Waals surface area contributed by atoms with E-state index >= 15 is 0 Å². The van der Waals surface area contributed by atoms with Crippen LogP contribution in [0, 0.1) is 24.2 Å². The Bertz CT molecular complexity index is 832. The molecule has 1 saturated carbocycles. The fraction of sp³-hybridized carbons (Fsp3) is 0.333. The number of thiazole rings is 1. The standard InChI is InChI=1S/C15H15N3O2S2/c1-10-9-17-15(21-10)14(12-5-6-12)18-22(19,20)13-4-2-3-11(7-13)8-16/h2-4,7,9,12,14,18H,5-6H2,1H3/t14-/m1/s1. The predicted molar refractivity (Wildman–Crippen MR) is 83.8 cm³/mol. The van der Waals surface area contributed by atoms with Crippen LogP contribution in [0.25, 0.3) is 0 Å². The first kappa shape index (κ1) is 15.2. The Kier molecular flexibility index (Phi) is 4.00. The summed E-state index contributed by atoms with van der Waals surface area (Å²) >= 11 is 1.52. The number of hydrogen-bond acceptors (Lipinski definition) is 5. The van der Waals surface area contributed by atoms with E-state index in [1.165, 1.54) is 23.5 Å². The van der Waals surface area contributed by atoms with Crippen molar-refractivity contribution in [1.29, 1.82) is 5.26 Å². The van der Waals surface area contributed by atoms with Gasteiger partial charge < -0.3 is 0 Å². The van der Waals surface area contributed by atoms with Crippen molar-refractivity contribution in [3.8, 4) is 6.07 Å². The average molecular weight is 333 g/mol. The molecule has 0 aliphatic heterocycles. The topological polar surface area (TPSA) is 82.8 Å². The van der Waals surface area contributed by atoms with Gasteiger partial charge in [0.1, 0.15) is 5.01 Å². The van der Waals surface area contributed by atoms with Gasteiger partial charge in [0.15, 0.2) is 0 Å². The maximum absolute atomic E-state index is 12.6. The van der Waals surface area contributed by atoms with Gasteiger partial charge in [-0.25, -0.2) is 18.1 Å². The minimum atomic E-state index is -3.67. The van der Waals surface area contributed by atoms with Crippen molar-refractivity contribution in [1.82, 2.24) is 9.71 Å². The Labute approximate surface area is 133 Å². The van der Waals surface area contributed by atoms with Gasteiger partial charge in [-0.2, -0.15) is 5.26 Å². The van der Waals surface area contributed by atoms with Crippen LogP contribution < -0.4 is 4.72 Å². The normalized spacial score (nSPS) is 16.2. The molecular formula is C15H15N3O2S2. The number of rotatable bonds is 5. The predicted octanol–water partition coefficient (Wildman–Crippen LogP) is 2.75. The first-order valence-corrected chi connectivity index (χ1v) is 9.24. The number of nitrogens with one attached hydrogen (secondary N) is 1. The lowest BCUT2D eigenvalue weighted by Crippen LogP contribution is -2.30. The number of hydrogen-bond donors (Lipinski definition) is 1. The summed E-state index contributed by atoms with van der Waals surface area (Å²) in [6, 6.07) is 7.73. The van der Waals surface area contributed by atoms with E-state index in [1.807, 2.05) is 13.0 Å². The van der Waals surface area contributed by atoms with Crippen molar-refractivity contribution < 1.29 is 8.42 Å². The Hall–Kier alpha value is -1.75. The molecule has 0 amide bonds. The Morgan fingerprint density at radius 3 is 2.82 bits per heavy atom. The molecule has 3 rings (SSSR count). The van der Waals surface area contributed by atoms with E-state index in [0.717, 1.165) is 22.7 Å². The molecule has 114 valence electrons. The van der Waals surface area contributed by atoms with Gasteiger partial charge in [0.05, 0.1) is 22.6 Å². The minimum Gasteiger partial charge on any atom is -0.248 e. The number of sulfonamides is 1. The van der Waals surface area contributed by atoms with E-state index in [2.05, 4.69) is 9.71 Å². The largest absolute Gasteiger partial charge is 0.248 e. The highest BCUT2D eigenvalue weighted by molar-refractivity contribution is 7.89. The zero-order valence-electron chi connectivity index (χ0n) is 12.0. The van der Waals surface area contributed by atoms with E-state index in [9.17, 15) is 8.42 Å². The Balaban J connectivity index is 1.90. The van der Waals surface area contributed by atoms with Crippen LogP contribution in [0.2, 0.25) is 0 Å². The second kappa shape index (κ2) is 5.80. The summed E-state index contributed by atoms with van der Waals surface area (Å²) in [6.07, 6.45) is 3.77. The van der Waals surface area contributed by atoms with Crippen molar-refractivity contribution in [3.05, 3.63) is 45.9 Å². The molecule has 0 spiro atoms. The molecule has 1 heterocycles. The van der Waals surface area contributed by atoms with Crippen LogP contribution in [0.5, 0.6) is 0 Å². The summed E-state index contributed by atoms with van der Waals surface area (Å²) in [5.74, 6) is 0.305. The third-order valence-electron chi connectivity index (χ3n) is 3.55. The van der Waals surface area contributed by atoms with Crippen LogP contribution in [-0.4, -0.2) is 13.4 Å². The minimum absolute atomic E-state index is 0.116. The van der Waals surface area contributed by atoms with Crippen molar-refractivity contribution in [2.75, 3.05) is 0 Å². The number of aromatic nitrogens is 1. The molecule has 0 saturated heterocycles. The molecule has 1 aliphatic rings. The second-order valence-electron chi connectivity index (χ2n) is 5.39.